The van der Waals surface area contributed by atoms with Crippen LogP contribution in [0.5, 0.6) is 0 Å². The molecule has 3 N–H and O–H groups in total. The van der Waals surface area contributed by atoms with Crippen molar-refractivity contribution in [1.82, 2.24) is 9.80 Å². The first-order chi connectivity index (χ1) is 14.5. The van der Waals surface area contributed by atoms with Crippen LogP contribution in [0.25, 0.3) is 0 Å². The fourth-order valence-corrected chi connectivity index (χ4v) is 5.81. The van der Waals surface area contributed by atoms with E-state index in [1.807, 2.05) is 13.0 Å². The summed E-state index contributed by atoms with van der Waals surface area (Å²) in [6.07, 6.45) is 3.93. The quantitative estimate of drug-likeness (QED) is 0.745. The van der Waals surface area contributed by atoms with Crippen LogP contribution in [-0.4, -0.2) is 53.8 Å². The Morgan fingerprint density at radius 2 is 1.90 bits per heavy atom. The largest absolute Gasteiger partial charge is 0.365 e. The lowest BCUT2D eigenvalue weighted by atomic mass is 10.1. The normalized spacial score (nSPS) is 18.6. The van der Waals surface area contributed by atoms with Crippen LogP contribution in [0, 0.1) is 0 Å². The van der Waals surface area contributed by atoms with E-state index in [9.17, 15) is 9.59 Å². The Hall–Kier alpha value is -2.22. The van der Waals surface area contributed by atoms with E-state index in [4.69, 9.17) is 5.73 Å². The van der Waals surface area contributed by atoms with Gasteiger partial charge >= 0.3 is 0 Å². The molecule has 2 aromatic rings. The predicted octanol–water partition coefficient (Wildman–Crippen LogP) is 2.87. The number of hydrogen-bond donors (Lipinski definition) is 2. The summed E-state index contributed by atoms with van der Waals surface area (Å²) in [6.45, 7) is 6.61. The maximum Gasteiger partial charge on any atom is 0.251 e. The van der Waals surface area contributed by atoms with Crippen molar-refractivity contribution in [3.63, 3.8) is 0 Å². The highest BCUT2D eigenvalue weighted by Gasteiger charge is 2.29. The third kappa shape index (κ3) is 4.58. The van der Waals surface area contributed by atoms with Gasteiger partial charge in [-0.05, 0) is 50.3 Å². The van der Waals surface area contributed by atoms with Crippen LogP contribution in [0.3, 0.4) is 0 Å². The second-order valence-electron chi connectivity index (χ2n) is 8.24. The number of carbonyl (C=O) groups excluding carboxylic acids is 2. The van der Waals surface area contributed by atoms with E-state index in [1.54, 1.807) is 0 Å². The minimum atomic E-state index is -0.441. The molecule has 1 saturated heterocycles. The van der Waals surface area contributed by atoms with E-state index in [-0.39, 0.29) is 11.9 Å². The van der Waals surface area contributed by atoms with Crippen molar-refractivity contribution in [2.24, 2.45) is 5.73 Å². The van der Waals surface area contributed by atoms with Crippen molar-refractivity contribution in [3.8, 4) is 0 Å². The van der Waals surface area contributed by atoms with Gasteiger partial charge in [-0.2, -0.15) is 0 Å². The average Bonchev–Trinajstić information content (AvgIpc) is 3.22. The van der Waals surface area contributed by atoms with E-state index in [0.29, 0.717) is 10.6 Å². The Morgan fingerprint density at radius 1 is 1.10 bits per heavy atom. The molecule has 1 aliphatic heterocycles. The van der Waals surface area contributed by atoms with Crippen LogP contribution < -0.4 is 11.1 Å². The molecule has 2 aliphatic rings. The summed E-state index contributed by atoms with van der Waals surface area (Å²) < 4.78 is 0. The molecule has 7 heteroatoms. The van der Waals surface area contributed by atoms with Crippen molar-refractivity contribution >= 4 is 28.2 Å². The molecule has 0 saturated carbocycles. The first kappa shape index (κ1) is 21.0. The zero-order valence-corrected chi connectivity index (χ0v) is 18.3. The summed E-state index contributed by atoms with van der Waals surface area (Å²) in [7, 11) is 0. The number of primary amides is 1. The molecule has 6 nitrogen and oxygen atoms in total. The third-order valence-electron chi connectivity index (χ3n) is 6.20. The van der Waals surface area contributed by atoms with Gasteiger partial charge in [0.2, 0.25) is 5.91 Å². The van der Waals surface area contributed by atoms with Gasteiger partial charge in [-0.1, -0.05) is 30.3 Å². The number of rotatable bonds is 6. The second-order valence-corrected chi connectivity index (χ2v) is 9.35. The Labute approximate surface area is 182 Å². The molecular formula is C23H30N4O2S. The van der Waals surface area contributed by atoms with Crippen molar-refractivity contribution in [2.75, 3.05) is 31.5 Å². The van der Waals surface area contributed by atoms with E-state index in [0.717, 1.165) is 64.0 Å². The number of hydrogen-bond acceptors (Lipinski definition) is 5. The monoisotopic (exact) mass is 426 g/mol. The topological polar surface area (TPSA) is 78.7 Å². The summed E-state index contributed by atoms with van der Waals surface area (Å²) >= 11 is 1.52. The molecular weight excluding hydrogens is 396 g/mol. The first-order valence-electron chi connectivity index (χ1n) is 10.8. The number of nitrogens with one attached hydrogen (secondary N) is 1. The number of benzene rings is 1. The number of nitrogens with zero attached hydrogens (tertiary/aromatic N) is 2. The number of carbonyl (C=O) groups is 2. The smallest absolute Gasteiger partial charge is 0.251 e. The van der Waals surface area contributed by atoms with E-state index in [2.05, 4.69) is 39.4 Å². The molecule has 0 radical (unpaired) electrons. The van der Waals surface area contributed by atoms with Gasteiger partial charge in [0.1, 0.15) is 5.00 Å². The van der Waals surface area contributed by atoms with Crippen LogP contribution in [0.2, 0.25) is 0 Å². The standard InChI is InChI=1S/C23H30N4O2S/c1-16(22(29)25-23-20(21(24)28)18-9-5-10-19(18)30-23)27-12-6-11-26(13-14-27)15-17-7-3-2-4-8-17/h2-4,7-8,16H,5-6,9-15H2,1H3,(H2,24,28)(H,25,29). The van der Waals surface area contributed by atoms with Crippen molar-refractivity contribution in [3.05, 3.63) is 51.9 Å². The number of nitrogens with two attached hydrogens (primary N) is 1. The Bertz CT molecular complexity index is 911. The molecule has 1 aliphatic carbocycles. The molecule has 1 aromatic heterocycles. The lowest BCUT2D eigenvalue weighted by Crippen LogP contribution is -2.44. The van der Waals surface area contributed by atoms with Gasteiger partial charge in [0.25, 0.3) is 5.91 Å². The summed E-state index contributed by atoms with van der Waals surface area (Å²) in [5.74, 6) is -0.502. The molecule has 1 unspecified atom stereocenters. The first-order valence-corrected chi connectivity index (χ1v) is 11.6. The predicted molar refractivity (Wildman–Crippen MR) is 121 cm³/mol. The zero-order chi connectivity index (χ0) is 21.1. The highest BCUT2D eigenvalue weighted by atomic mass is 32.1. The van der Waals surface area contributed by atoms with Crippen LogP contribution in [0.15, 0.2) is 30.3 Å². The number of amides is 2. The summed E-state index contributed by atoms with van der Waals surface area (Å²) in [4.78, 5) is 30.9. The molecule has 2 heterocycles. The van der Waals surface area contributed by atoms with Crippen LogP contribution in [0.4, 0.5) is 5.00 Å². The summed E-state index contributed by atoms with van der Waals surface area (Å²) in [5, 5.41) is 3.64. The molecule has 0 spiro atoms. The lowest BCUT2D eigenvalue weighted by molar-refractivity contribution is -0.120. The van der Waals surface area contributed by atoms with Crippen molar-refractivity contribution in [2.45, 2.75) is 45.2 Å². The SMILES string of the molecule is CC(C(=O)Nc1sc2c(c1C(N)=O)CCC2)N1CCCN(Cc2ccccc2)CC1. The highest BCUT2D eigenvalue weighted by molar-refractivity contribution is 7.17. The highest BCUT2D eigenvalue weighted by Crippen LogP contribution is 2.38. The zero-order valence-electron chi connectivity index (χ0n) is 17.5. The van der Waals surface area contributed by atoms with Crippen molar-refractivity contribution in [1.29, 1.82) is 0 Å². The molecule has 4 rings (SSSR count). The van der Waals surface area contributed by atoms with E-state index >= 15 is 0 Å². The van der Waals surface area contributed by atoms with Gasteiger partial charge in [0, 0.05) is 31.1 Å². The summed E-state index contributed by atoms with van der Waals surface area (Å²) in [6, 6.07) is 10.3. The number of aryl methyl sites for hydroxylation is 1. The maximum absolute atomic E-state index is 13.0. The maximum atomic E-state index is 13.0. The molecule has 1 aromatic carbocycles. The molecule has 2 amide bonds. The molecule has 1 atom stereocenters. The van der Waals surface area contributed by atoms with Gasteiger partial charge in [-0.15, -0.1) is 11.3 Å². The second kappa shape index (κ2) is 9.29. The Morgan fingerprint density at radius 3 is 2.67 bits per heavy atom. The Kier molecular flexibility index (Phi) is 6.51. The fourth-order valence-electron chi connectivity index (χ4n) is 4.51. The van der Waals surface area contributed by atoms with Crippen molar-refractivity contribution < 1.29 is 9.59 Å². The molecule has 1 fully saturated rings. The summed E-state index contributed by atoms with van der Waals surface area (Å²) in [5.41, 5.74) is 8.52. The molecule has 0 bridgehead atoms. The van der Waals surface area contributed by atoms with Crippen LogP contribution in [-0.2, 0) is 24.2 Å². The van der Waals surface area contributed by atoms with E-state index in [1.165, 1.54) is 21.8 Å². The third-order valence-corrected chi connectivity index (χ3v) is 7.41. The lowest BCUT2D eigenvalue weighted by Gasteiger charge is -2.27. The van der Waals surface area contributed by atoms with Crippen LogP contribution in [0.1, 0.15) is 46.1 Å². The molecule has 160 valence electrons. The minimum absolute atomic E-state index is 0.0612. The van der Waals surface area contributed by atoms with E-state index < -0.39 is 5.91 Å². The van der Waals surface area contributed by atoms with Crippen LogP contribution >= 0.6 is 11.3 Å². The number of anilines is 1. The minimum Gasteiger partial charge on any atom is -0.365 e. The Balaban J connectivity index is 1.37. The van der Waals surface area contributed by atoms with Gasteiger partial charge in [-0.25, -0.2) is 0 Å². The van der Waals surface area contributed by atoms with Gasteiger partial charge < -0.3 is 11.1 Å². The number of thiophene rings is 1. The number of fused-ring (bicyclic) bond motifs is 1. The van der Waals surface area contributed by atoms with Gasteiger partial charge in [0.15, 0.2) is 0 Å². The van der Waals surface area contributed by atoms with Gasteiger partial charge in [-0.3, -0.25) is 19.4 Å². The fraction of sp³-hybridized carbons (Fsp3) is 0.478. The molecule has 30 heavy (non-hydrogen) atoms. The van der Waals surface area contributed by atoms with Gasteiger partial charge in [0.05, 0.1) is 11.6 Å². The average molecular weight is 427 g/mol.